The maximum Gasteiger partial charge on any atom is 0.220 e. The normalized spacial score (nSPS) is 27.4. The zero-order valence-corrected chi connectivity index (χ0v) is 8.94. The van der Waals surface area contributed by atoms with Gasteiger partial charge in [-0.1, -0.05) is 11.6 Å². The van der Waals surface area contributed by atoms with Crippen LogP contribution in [0.25, 0.3) is 0 Å². The summed E-state index contributed by atoms with van der Waals surface area (Å²) in [5, 5.41) is 3.61. The van der Waals surface area contributed by atoms with E-state index in [9.17, 15) is 4.79 Å². The molecule has 1 aliphatic heterocycles. The van der Waals surface area contributed by atoms with E-state index in [4.69, 9.17) is 17.3 Å². The van der Waals surface area contributed by atoms with Gasteiger partial charge in [-0.3, -0.25) is 4.79 Å². The molecule has 0 spiro atoms. The van der Waals surface area contributed by atoms with Gasteiger partial charge in [-0.05, 0) is 6.42 Å². The van der Waals surface area contributed by atoms with Crippen LogP contribution >= 0.6 is 22.9 Å². The highest BCUT2D eigenvalue weighted by Crippen LogP contribution is 2.28. The van der Waals surface area contributed by atoms with Crippen molar-refractivity contribution in [1.29, 1.82) is 0 Å². The lowest BCUT2D eigenvalue weighted by Crippen LogP contribution is -2.45. The van der Waals surface area contributed by atoms with Crippen molar-refractivity contribution in [2.75, 3.05) is 0 Å². The fourth-order valence-corrected chi connectivity index (χ4v) is 2.53. The van der Waals surface area contributed by atoms with Gasteiger partial charge in [0, 0.05) is 12.5 Å². The number of carbonyl (C=O) groups is 1. The molecule has 1 saturated heterocycles. The largest absolute Gasteiger partial charge is 0.345 e. The van der Waals surface area contributed by atoms with Gasteiger partial charge in [0.15, 0.2) is 0 Å². The van der Waals surface area contributed by atoms with Crippen LogP contribution in [0.4, 0.5) is 0 Å². The molecule has 6 heteroatoms. The van der Waals surface area contributed by atoms with Crippen molar-refractivity contribution >= 4 is 28.8 Å². The van der Waals surface area contributed by atoms with Crippen LogP contribution in [-0.2, 0) is 4.79 Å². The van der Waals surface area contributed by atoms with E-state index < -0.39 is 0 Å². The van der Waals surface area contributed by atoms with Crippen molar-refractivity contribution < 1.29 is 4.79 Å². The molecular weight excluding hydrogens is 222 g/mol. The van der Waals surface area contributed by atoms with Gasteiger partial charge in [0.05, 0.1) is 12.2 Å². The van der Waals surface area contributed by atoms with Gasteiger partial charge in [0.2, 0.25) is 5.91 Å². The number of carbonyl (C=O) groups excluding carboxylic acids is 1. The summed E-state index contributed by atoms with van der Waals surface area (Å²) in [4.78, 5) is 15.3. The van der Waals surface area contributed by atoms with E-state index in [2.05, 4.69) is 10.3 Å². The van der Waals surface area contributed by atoms with Gasteiger partial charge in [0.25, 0.3) is 0 Å². The van der Waals surface area contributed by atoms with Crippen molar-refractivity contribution in [2.45, 2.75) is 24.9 Å². The highest BCUT2D eigenvalue weighted by molar-refractivity contribution is 7.15. The molecule has 2 atom stereocenters. The molecular formula is C8H10ClN3OS. The van der Waals surface area contributed by atoms with Crippen molar-refractivity contribution in [2.24, 2.45) is 5.73 Å². The molecule has 4 nitrogen and oxygen atoms in total. The maximum atomic E-state index is 11.2. The average molecular weight is 232 g/mol. The third kappa shape index (κ3) is 1.89. The van der Waals surface area contributed by atoms with Crippen LogP contribution in [0.5, 0.6) is 0 Å². The maximum absolute atomic E-state index is 11.2. The molecule has 2 rings (SSSR count). The van der Waals surface area contributed by atoms with Crippen molar-refractivity contribution in [3.05, 3.63) is 15.5 Å². The third-order valence-corrected chi connectivity index (χ3v) is 3.41. The number of nitrogens with one attached hydrogen (secondary N) is 1. The van der Waals surface area contributed by atoms with Gasteiger partial charge >= 0.3 is 0 Å². The van der Waals surface area contributed by atoms with Crippen LogP contribution in [0.2, 0.25) is 4.34 Å². The molecule has 0 aliphatic carbocycles. The summed E-state index contributed by atoms with van der Waals surface area (Å²) in [7, 11) is 0. The number of amides is 1. The molecule has 1 aliphatic rings. The lowest BCUT2D eigenvalue weighted by Gasteiger charge is -2.27. The third-order valence-electron chi connectivity index (χ3n) is 2.21. The van der Waals surface area contributed by atoms with E-state index >= 15 is 0 Å². The van der Waals surface area contributed by atoms with Gasteiger partial charge in [-0.2, -0.15) is 0 Å². The predicted molar refractivity (Wildman–Crippen MR) is 55.2 cm³/mol. The summed E-state index contributed by atoms with van der Waals surface area (Å²) in [5.74, 6) is 0.0306. The zero-order valence-electron chi connectivity index (χ0n) is 7.37. The van der Waals surface area contributed by atoms with Gasteiger partial charge in [0.1, 0.15) is 9.34 Å². The smallest absolute Gasteiger partial charge is 0.220 e. The minimum atomic E-state index is -0.172. The Hall–Kier alpha value is -0.650. The molecule has 1 amide bonds. The van der Waals surface area contributed by atoms with E-state index in [1.54, 1.807) is 6.20 Å². The molecule has 3 N–H and O–H groups in total. The Labute approximate surface area is 90.5 Å². The number of piperidine rings is 1. The second-order valence-electron chi connectivity index (χ2n) is 3.25. The standard InChI is InChI=1S/C8H10ClN3OS/c9-5-3-11-8(14-5)7-4(10)1-2-6(13)12-7/h3-4,7H,1-2,10H2,(H,12,13). The van der Waals surface area contributed by atoms with Crippen LogP contribution in [0.1, 0.15) is 23.9 Å². The summed E-state index contributed by atoms with van der Waals surface area (Å²) in [6.07, 6.45) is 2.78. The van der Waals surface area contributed by atoms with Crippen LogP contribution in [0, 0.1) is 0 Å². The number of halogens is 1. The molecule has 1 aromatic rings. The quantitative estimate of drug-likeness (QED) is 0.760. The predicted octanol–water partition coefficient (Wildman–Crippen LogP) is 1.07. The van der Waals surface area contributed by atoms with E-state index in [1.165, 1.54) is 11.3 Å². The lowest BCUT2D eigenvalue weighted by atomic mass is 9.99. The fraction of sp³-hybridized carbons (Fsp3) is 0.500. The molecule has 1 fully saturated rings. The number of nitrogens with zero attached hydrogens (tertiary/aromatic N) is 1. The zero-order chi connectivity index (χ0) is 10.1. The Morgan fingerprint density at radius 2 is 2.50 bits per heavy atom. The SMILES string of the molecule is NC1CCC(=O)NC1c1ncc(Cl)s1. The number of nitrogens with two attached hydrogens (primary N) is 1. The van der Waals surface area contributed by atoms with Crippen LogP contribution < -0.4 is 11.1 Å². The summed E-state index contributed by atoms with van der Waals surface area (Å²) in [6.45, 7) is 0. The Balaban J connectivity index is 2.19. The Kier molecular flexibility index (Phi) is 2.71. The molecule has 0 saturated carbocycles. The lowest BCUT2D eigenvalue weighted by molar-refractivity contribution is -0.123. The number of thiazole rings is 1. The Bertz CT molecular complexity index is 354. The molecule has 0 bridgehead atoms. The van der Waals surface area contributed by atoms with Crippen molar-refractivity contribution in [3.63, 3.8) is 0 Å². The van der Waals surface area contributed by atoms with Crippen molar-refractivity contribution in [3.8, 4) is 0 Å². The van der Waals surface area contributed by atoms with Gasteiger partial charge < -0.3 is 11.1 Å². The average Bonchev–Trinajstić information content (AvgIpc) is 2.56. The first kappa shape index (κ1) is 9.89. The number of rotatable bonds is 1. The monoisotopic (exact) mass is 231 g/mol. The van der Waals surface area contributed by atoms with E-state index in [0.717, 1.165) is 5.01 Å². The van der Waals surface area contributed by atoms with Crippen LogP contribution in [0.3, 0.4) is 0 Å². The minimum absolute atomic E-state index is 0.0306. The number of hydrogen-bond acceptors (Lipinski definition) is 4. The highest BCUT2D eigenvalue weighted by Gasteiger charge is 2.29. The first-order valence-electron chi connectivity index (χ1n) is 4.33. The Morgan fingerprint density at radius 3 is 3.14 bits per heavy atom. The van der Waals surface area contributed by atoms with E-state index in [-0.39, 0.29) is 18.0 Å². The number of hydrogen-bond donors (Lipinski definition) is 2. The second kappa shape index (κ2) is 3.84. The molecule has 14 heavy (non-hydrogen) atoms. The topological polar surface area (TPSA) is 68.0 Å². The van der Waals surface area contributed by atoms with Gasteiger partial charge in [-0.25, -0.2) is 4.98 Å². The van der Waals surface area contributed by atoms with E-state index in [1.807, 2.05) is 0 Å². The molecule has 1 aromatic heterocycles. The fourth-order valence-electron chi connectivity index (χ4n) is 1.47. The summed E-state index contributed by atoms with van der Waals surface area (Å²) in [5.41, 5.74) is 5.89. The summed E-state index contributed by atoms with van der Waals surface area (Å²) < 4.78 is 0.618. The molecule has 2 unspecified atom stereocenters. The second-order valence-corrected chi connectivity index (χ2v) is 4.94. The number of aromatic nitrogens is 1. The van der Waals surface area contributed by atoms with Crippen LogP contribution in [0.15, 0.2) is 6.20 Å². The minimum Gasteiger partial charge on any atom is -0.345 e. The van der Waals surface area contributed by atoms with Gasteiger partial charge in [-0.15, -0.1) is 11.3 Å². The molecule has 2 heterocycles. The van der Waals surface area contributed by atoms with E-state index in [0.29, 0.717) is 17.2 Å². The molecule has 76 valence electrons. The molecule has 0 aromatic carbocycles. The summed E-state index contributed by atoms with van der Waals surface area (Å²) >= 11 is 7.13. The first-order chi connectivity index (χ1) is 6.66. The highest BCUT2D eigenvalue weighted by atomic mass is 35.5. The molecule has 0 radical (unpaired) electrons. The van der Waals surface area contributed by atoms with Crippen molar-refractivity contribution in [1.82, 2.24) is 10.3 Å². The van der Waals surface area contributed by atoms with Crippen LogP contribution in [-0.4, -0.2) is 16.9 Å². The first-order valence-corrected chi connectivity index (χ1v) is 5.52. The Morgan fingerprint density at radius 1 is 1.71 bits per heavy atom. The summed E-state index contributed by atoms with van der Waals surface area (Å²) in [6, 6.07) is -0.233.